The molecule has 1 N–H and O–H groups in total. The molecular weight excluding hydrogens is 534 g/mol. The SMILES string of the molecule is O=C(O)CN(C(F)(F)C(F)(F)F)S(=O)(=O)C1(F)C(F)(F)C(F)(F)C(F)(F)C(F)(F)C1(F)F. The second kappa shape index (κ2) is 6.65. The van der Waals surface area contributed by atoms with Gasteiger partial charge in [0.1, 0.15) is 6.54 Å². The first-order valence-electron chi connectivity index (χ1n) is 6.81. The molecule has 0 amide bonds. The molecular formula is C10H3F16NO4S. The van der Waals surface area contributed by atoms with Crippen LogP contribution in [0.1, 0.15) is 0 Å². The van der Waals surface area contributed by atoms with Gasteiger partial charge in [-0.3, -0.25) is 4.79 Å². The van der Waals surface area contributed by atoms with E-state index in [1.165, 1.54) is 0 Å². The Bertz CT molecular complexity index is 863. The lowest BCUT2D eigenvalue weighted by atomic mass is 9.80. The molecule has 1 aliphatic carbocycles. The van der Waals surface area contributed by atoms with E-state index < -0.39 is 73.7 Å². The largest absolute Gasteiger partial charge is 0.480 e. The maximum absolute atomic E-state index is 14.5. The zero-order valence-electron chi connectivity index (χ0n) is 13.8. The fraction of sp³-hybridized carbons (Fsp3) is 0.900. The minimum Gasteiger partial charge on any atom is -0.480 e. The molecule has 190 valence electrons. The molecule has 0 aromatic carbocycles. The van der Waals surface area contributed by atoms with Crippen LogP contribution in [-0.2, 0) is 14.8 Å². The first kappa shape index (κ1) is 28.3. The number of rotatable bonds is 5. The monoisotopic (exact) mass is 537 g/mol. The smallest absolute Gasteiger partial charge is 0.470 e. The molecule has 32 heavy (non-hydrogen) atoms. The maximum Gasteiger partial charge on any atom is 0.470 e. The average Bonchev–Trinajstić information content (AvgIpc) is 2.55. The minimum atomic E-state index is -9.04. The molecule has 0 aromatic heterocycles. The van der Waals surface area contributed by atoms with Crippen molar-refractivity contribution in [1.82, 2.24) is 4.31 Å². The molecule has 1 rings (SSSR count). The molecule has 0 heterocycles. The lowest BCUT2D eigenvalue weighted by Crippen LogP contribution is -2.86. The Morgan fingerprint density at radius 1 is 0.688 bits per heavy atom. The Hall–Kier alpha value is -1.74. The van der Waals surface area contributed by atoms with Gasteiger partial charge in [0, 0.05) is 0 Å². The number of carboxylic acid groups (broad SMARTS) is 1. The van der Waals surface area contributed by atoms with Crippen LogP contribution in [0.3, 0.4) is 0 Å². The third kappa shape index (κ3) is 2.82. The van der Waals surface area contributed by atoms with Crippen LogP contribution in [0.25, 0.3) is 0 Å². The number of carboxylic acids is 1. The molecule has 22 heteroatoms. The van der Waals surface area contributed by atoms with Crippen molar-refractivity contribution in [3.05, 3.63) is 0 Å². The number of carbonyl (C=O) groups is 1. The fourth-order valence-electron chi connectivity index (χ4n) is 2.27. The van der Waals surface area contributed by atoms with Gasteiger partial charge in [0.2, 0.25) is 0 Å². The van der Waals surface area contributed by atoms with E-state index in [9.17, 15) is 83.5 Å². The summed E-state index contributed by atoms with van der Waals surface area (Å²) in [5.41, 5.74) is 0. The normalized spacial score (nSPS) is 26.0. The van der Waals surface area contributed by atoms with Crippen LogP contribution in [0.15, 0.2) is 0 Å². The number of halogens is 16. The van der Waals surface area contributed by atoms with Gasteiger partial charge in [-0.1, -0.05) is 0 Å². The molecule has 1 saturated carbocycles. The van der Waals surface area contributed by atoms with Gasteiger partial charge >= 0.3 is 52.8 Å². The van der Waals surface area contributed by atoms with Crippen molar-refractivity contribution in [3.63, 3.8) is 0 Å². The van der Waals surface area contributed by atoms with Crippen molar-refractivity contribution in [2.75, 3.05) is 6.54 Å². The molecule has 0 aliphatic heterocycles. The number of aliphatic carboxylic acids is 1. The first-order valence-corrected chi connectivity index (χ1v) is 8.25. The Labute approximate surface area is 163 Å². The van der Waals surface area contributed by atoms with Crippen molar-refractivity contribution in [1.29, 1.82) is 0 Å². The highest BCUT2D eigenvalue weighted by atomic mass is 32.2. The molecule has 1 fully saturated rings. The van der Waals surface area contributed by atoms with Crippen LogP contribution in [0, 0.1) is 0 Å². The number of nitrogens with zero attached hydrogens (tertiary/aromatic N) is 1. The van der Waals surface area contributed by atoms with Crippen molar-refractivity contribution in [2.45, 2.75) is 46.8 Å². The van der Waals surface area contributed by atoms with Crippen molar-refractivity contribution in [3.8, 4) is 0 Å². The molecule has 0 bridgehead atoms. The van der Waals surface area contributed by atoms with Crippen molar-refractivity contribution >= 4 is 16.0 Å². The number of alkyl halides is 16. The second-order valence-electron chi connectivity index (χ2n) is 5.91. The Kier molecular flexibility index (Phi) is 5.88. The Balaban J connectivity index is 4.20. The zero-order chi connectivity index (χ0) is 26.4. The van der Waals surface area contributed by atoms with E-state index in [1.54, 1.807) is 0 Å². The van der Waals surface area contributed by atoms with Gasteiger partial charge in [0.15, 0.2) is 0 Å². The standard InChI is InChI=1S/C10H3F16NO4S/c11-3(12)4(13,14)6(17,18)8(21,7(19,20)5(3,15)16)32(30,31)27(1-2(28)29)10(25,26)9(22,23)24/h1H2,(H,28,29). The summed E-state index contributed by atoms with van der Waals surface area (Å²) < 4.78 is 233. The lowest BCUT2D eigenvalue weighted by molar-refractivity contribution is -0.470. The van der Waals surface area contributed by atoms with Crippen molar-refractivity contribution in [2.24, 2.45) is 0 Å². The Morgan fingerprint density at radius 2 is 0.969 bits per heavy atom. The van der Waals surface area contributed by atoms with Gasteiger partial charge in [-0.15, -0.1) is 4.31 Å². The number of sulfonamides is 1. The summed E-state index contributed by atoms with van der Waals surface area (Å²) in [6.45, 7) is -3.61. The molecule has 0 saturated heterocycles. The fourth-order valence-corrected chi connectivity index (χ4v) is 4.16. The van der Waals surface area contributed by atoms with E-state index in [-0.39, 0.29) is 0 Å². The summed E-state index contributed by atoms with van der Waals surface area (Å²) in [5, 5.41) is -0.183. The minimum absolute atomic E-state index is 3.30. The van der Waals surface area contributed by atoms with Gasteiger partial charge in [0.05, 0.1) is 0 Å². The van der Waals surface area contributed by atoms with Gasteiger partial charge < -0.3 is 5.11 Å². The Morgan fingerprint density at radius 3 is 1.22 bits per heavy atom. The molecule has 0 atom stereocenters. The van der Waals surface area contributed by atoms with Crippen molar-refractivity contribution < 1.29 is 88.6 Å². The predicted molar refractivity (Wildman–Crippen MR) is 62.8 cm³/mol. The van der Waals surface area contributed by atoms with Gasteiger partial charge in [-0.05, 0) is 0 Å². The van der Waals surface area contributed by atoms with Crippen LogP contribution < -0.4 is 0 Å². The van der Waals surface area contributed by atoms with Gasteiger partial charge in [-0.2, -0.15) is 65.9 Å². The summed E-state index contributed by atoms with van der Waals surface area (Å²) in [7, 11) is -9.04. The maximum atomic E-state index is 14.5. The zero-order valence-corrected chi connectivity index (χ0v) is 14.6. The molecule has 0 unspecified atom stereocenters. The number of hydrogen-bond acceptors (Lipinski definition) is 3. The summed E-state index contributed by atoms with van der Waals surface area (Å²) in [6, 6.07) is -7.50. The highest BCUT2D eigenvalue weighted by Gasteiger charge is 3.04. The first-order chi connectivity index (χ1) is 13.5. The molecule has 1 aliphatic rings. The summed E-state index contributed by atoms with van der Waals surface area (Å²) in [5.74, 6) is -44.4. The summed E-state index contributed by atoms with van der Waals surface area (Å²) in [6.07, 6.45) is -7.49. The van der Waals surface area contributed by atoms with Gasteiger partial charge in [-0.25, -0.2) is 12.8 Å². The van der Waals surface area contributed by atoms with Crippen LogP contribution in [0.5, 0.6) is 0 Å². The lowest BCUT2D eigenvalue weighted by Gasteiger charge is -2.52. The average molecular weight is 537 g/mol. The van der Waals surface area contributed by atoms with E-state index >= 15 is 0 Å². The van der Waals surface area contributed by atoms with Crippen LogP contribution in [-0.4, -0.2) is 77.2 Å². The predicted octanol–water partition coefficient (Wildman–Crippen LogP) is 3.71. The van der Waals surface area contributed by atoms with E-state index in [0.717, 1.165) is 0 Å². The molecule has 0 spiro atoms. The van der Waals surface area contributed by atoms with Crippen LogP contribution in [0.2, 0.25) is 0 Å². The summed E-state index contributed by atoms with van der Waals surface area (Å²) in [4.78, 5) is 10.4. The van der Waals surface area contributed by atoms with E-state index in [2.05, 4.69) is 0 Å². The van der Waals surface area contributed by atoms with Crippen LogP contribution >= 0.6 is 0 Å². The van der Waals surface area contributed by atoms with E-state index in [1.807, 2.05) is 0 Å². The number of hydrogen-bond donors (Lipinski definition) is 1. The summed E-state index contributed by atoms with van der Waals surface area (Å²) >= 11 is 0. The highest BCUT2D eigenvalue weighted by Crippen LogP contribution is 2.71. The van der Waals surface area contributed by atoms with Crippen LogP contribution in [0.4, 0.5) is 70.2 Å². The third-order valence-corrected chi connectivity index (χ3v) is 6.13. The van der Waals surface area contributed by atoms with Gasteiger partial charge in [0.25, 0.3) is 10.0 Å². The topological polar surface area (TPSA) is 74.7 Å². The highest BCUT2D eigenvalue weighted by molar-refractivity contribution is 7.90. The molecule has 0 aromatic rings. The van der Waals surface area contributed by atoms with E-state index in [4.69, 9.17) is 5.11 Å². The quantitative estimate of drug-likeness (QED) is 0.429. The third-order valence-electron chi connectivity index (χ3n) is 3.96. The molecule has 0 radical (unpaired) electrons. The second-order valence-corrected chi connectivity index (χ2v) is 7.87. The molecule has 5 nitrogen and oxygen atoms in total. The van der Waals surface area contributed by atoms with E-state index in [0.29, 0.717) is 0 Å².